The molecule has 1 amide bonds. The van der Waals surface area contributed by atoms with E-state index >= 15 is 0 Å². The standard InChI is InChI=1S/C27H32N4O5/c1-31-25(36-12-11-20-9-7-17-5-3-4-6-23(17)29-20)16-21(30-31)13-19(15-26(32)33)22-14-18(27(28)34)8-10-24(22)35-2/h7-10,14,16,19H,3-6,11-13,15H2,1-2H3,(H2,28,34)(H,32,33). The van der Waals surface area contributed by atoms with Crippen molar-refractivity contribution in [2.45, 2.75) is 50.9 Å². The summed E-state index contributed by atoms with van der Waals surface area (Å²) < 4.78 is 13.1. The number of aromatic nitrogens is 3. The first-order valence-corrected chi connectivity index (χ1v) is 12.2. The molecular weight excluding hydrogens is 460 g/mol. The van der Waals surface area contributed by atoms with Crippen molar-refractivity contribution in [2.24, 2.45) is 12.8 Å². The molecule has 3 aromatic rings. The molecule has 1 atom stereocenters. The van der Waals surface area contributed by atoms with Crippen LogP contribution in [0.5, 0.6) is 11.6 Å². The first kappa shape index (κ1) is 25.2. The Bertz CT molecular complexity index is 1250. The minimum absolute atomic E-state index is 0.157. The van der Waals surface area contributed by atoms with Crippen molar-refractivity contribution in [1.29, 1.82) is 0 Å². The number of aryl methyl sites for hydroxylation is 3. The van der Waals surface area contributed by atoms with Crippen LogP contribution in [0.4, 0.5) is 0 Å². The van der Waals surface area contributed by atoms with E-state index in [1.165, 1.54) is 31.2 Å². The lowest BCUT2D eigenvalue weighted by atomic mass is 9.89. The van der Waals surface area contributed by atoms with E-state index in [0.29, 0.717) is 47.9 Å². The van der Waals surface area contributed by atoms with Crippen LogP contribution in [-0.4, -0.2) is 45.5 Å². The summed E-state index contributed by atoms with van der Waals surface area (Å²) in [6.07, 6.45) is 5.44. The minimum Gasteiger partial charge on any atom is -0.496 e. The highest BCUT2D eigenvalue weighted by Crippen LogP contribution is 2.33. The zero-order valence-electron chi connectivity index (χ0n) is 20.7. The molecule has 3 N–H and O–H groups in total. The SMILES string of the molecule is COc1ccc(C(N)=O)cc1C(CC(=O)O)Cc1cc(OCCc2ccc3c(n2)CCCC3)n(C)n1. The number of hydrogen-bond acceptors (Lipinski definition) is 6. The van der Waals surface area contributed by atoms with Crippen LogP contribution in [0.2, 0.25) is 0 Å². The number of rotatable bonds is 11. The molecule has 36 heavy (non-hydrogen) atoms. The summed E-state index contributed by atoms with van der Waals surface area (Å²) in [6, 6.07) is 10.9. The highest BCUT2D eigenvalue weighted by molar-refractivity contribution is 5.93. The van der Waals surface area contributed by atoms with Gasteiger partial charge in [0.15, 0.2) is 0 Å². The first-order chi connectivity index (χ1) is 17.3. The van der Waals surface area contributed by atoms with Crippen LogP contribution < -0.4 is 15.2 Å². The van der Waals surface area contributed by atoms with Gasteiger partial charge in [-0.05, 0) is 67.5 Å². The Labute approximate surface area is 210 Å². The molecular formula is C27H32N4O5. The van der Waals surface area contributed by atoms with Gasteiger partial charge >= 0.3 is 5.97 Å². The Kier molecular flexibility index (Phi) is 7.87. The maximum absolute atomic E-state index is 11.7. The van der Waals surface area contributed by atoms with Gasteiger partial charge in [-0.1, -0.05) is 6.07 Å². The summed E-state index contributed by atoms with van der Waals surface area (Å²) in [4.78, 5) is 28.2. The lowest BCUT2D eigenvalue weighted by Crippen LogP contribution is -2.15. The quantitative estimate of drug-likeness (QED) is 0.420. The fourth-order valence-electron chi connectivity index (χ4n) is 4.73. The molecule has 0 spiro atoms. The molecule has 0 fully saturated rings. The van der Waals surface area contributed by atoms with Crippen molar-refractivity contribution < 1.29 is 24.2 Å². The Balaban J connectivity index is 1.46. The van der Waals surface area contributed by atoms with Crippen LogP contribution >= 0.6 is 0 Å². The van der Waals surface area contributed by atoms with E-state index in [-0.39, 0.29) is 6.42 Å². The van der Waals surface area contributed by atoms with Crippen molar-refractivity contribution in [3.63, 3.8) is 0 Å². The van der Waals surface area contributed by atoms with Crippen molar-refractivity contribution in [3.05, 3.63) is 70.2 Å². The number of carbonyl (C=O) groups excluding carboxylic acids is 1. The summed E-state index contributed by atoms with van der Waals surface area (Å²) in [5.74, 6) is -0.934. The number of nitrogens with zero attached hydrogens (tertiary/aromatic N) is 3. The summed E-state index contributed by atoms with van der Waals surface area (Å²) in [6.45, 7) is 0.456. The van der Waals surface area contributed by atoms with Gasteiger partial charge in [-0.15, -0.1) is 0 Å². The number of amides is 1. The van der Waals surface area contributed by atoms with E-state index in [1.54, 1.807) is 29.9 Å². The van der Waals surface area contributed by atoms with E-state index in [0.717, 1.165) is 18.5 Å². The van der Waals surface area contributed by atoms with Gasteiger partial charge in [-0.2, -0.15) is 5.10 Å². The van der Waals surface area contributed by atoms with Gasteiger partial charge in [-0.3, -0.25) is 14.6 Å². The number of benzene rings is 1. The molecule has 0 aliphatic heterocycles. The highest BCUT2D eigenvalue weighted by atomic mass is 16.5. The summed E-state index contributed by atoms with van der Waals surface area (Å²) >= 11 is 0. The number of primary amides is 1. The van der Waals surface area contributed by atoms with Crippen LogP contribution in [0.3, 0.4) is 0 Å². The maximum atomic E-state index is 11.7. The number of hydrogen-bond donors (Lipinski definition) is 2. The van der Waals surface area contributed by atoms with Crippen LogP contribution in [0.25, 0.3) is 0 Å². The Morgan fingerprint density at radius 1 is 1.14 bits per heavy atom. The summed E-state index contributed by atoms with van der Waals surface area (Å²) in [7, 11) is 3.29. The number of carboxylic acids is 1. The number of pyridine rings is 1. The Morgan fingerprint density at radius 2 is 1.94 bits per heavy atom. The van der Waals surface area contributed by atoms with E-state index < -0.39 is 17.8 Å². The fraction of sp³-hybridized carbons (Fsp3) is 0.407. The average molecular weight is 493 g/mol. The molecule has 2 heterocycles. The van der Waals surface area contributed by atoms with E-state index in [9.17, 15) is 14.7 Å². The van der Waals surface area contributed by atoms with Gasteiger partial charge in [0.05, 0.1) is 25.8 Å². The molecule has 190 valence electrons. The second kappa shape index (κ2) is 11.2. The molecule has 9 heteroatoms. The number of aliphatic carboxylic acids is 1. The third-order valence-electron chi connectivity index (χ3n) is 6.56. The second-order valence-corrected chi connectivity index (χ2v) is 9.13. The Hall–Kier alpha value is -3.88. The van der Waals surface area contributed by atoms with Crippen molar-refractivity contribution in [1.82, 2.24) is 14.8 Å². The smallest absolute Gasteiger partial charge is 0.303 e. The number of carbonyl (C=O) groups is 2. The average Bonchev–Trinajstić information content (AvgIpc) is 3.21. The van der Waals surface area contributed by atoms with Crippen LogP contribution in [0, 0.1) is 0 Å². The number of methoxy groups -OCH3 is 1. The molecule has 1 unspecified atom stereocenters. The number of fused-ring (bicyclic) bond motifs is 1. The largest absolute Gasteiger partial charge is 0.496 e. The zero-order valence-corrected chi connectivity index (χ0v) is 20.7. The predicted octanol–water partition coefficient (Wildman–Crippen LogP) is 3.22. The van der Waals surface area contributed by atoms with Crippen molar-refractivity contribution >= 4 is 11.9 Å². The number of carboxylic acid groups (broad SMARTS) is 1. The molecule has 0 radical (unpaired) electrons. The molecule has 2 aromatic heterocycles. The van der Waals surface area contributed by atoms with Crippen molar-refractivity contribution in [2.75, 3.05) is 13.7 Å². The fourth-order valence-corrected chi connectivity index (χ4v) is 4.73. The molecule has 0 saturated carbocycles. The number of nitrogens with two attached hydrogens (primary N) is 1. The van der Waals surface area contributed by atoms with E-state index in [4.69, 9.17) is 20.2 Å². The van der Waals surface area contributed by atoms with Crippen LogP contribution in [0.1, 0.15) is 63.7 Å². The monoisotopic (exact) mass is 492 g/mol. The molecule has 0 bridgehead atoms. The van der Waals surface area contributed by atoms with Crippen molar-refractivity contribution in [3.8, 4) is 11.6 Å². The minimum atomic E-state index is -0.962. The second-order valence-electron chi connectivity index (χ2n) is 9.13. The Morgan fingerprint density at radius 3 is 2.69 bits per heavy atom. The number of ether oxygens (including phenoxy) is 2. The van der Waals surface area contributed by atoms with Gasteiger partial charge < -0.3 is 20.3 Å². The van der Waals surface area contributed by atoms with Crippen LogP contribution in [0.15, 0.2) is 36.4 Å². The van der Waals surface area contributed by atoms with Crippen LogP contribution in [-0.2, 0) is 37.5 Å². The first-order valence-electron chi connectivity index (χ1n) is 12.2. The van der Waals surface area contributed by atoms with E-state index in [2.05, 4.69) is 17.2 Å². The van der Waals surface area contributed by atoms with Gasteiger partial charge in [0.2, 0.25) is 11.8 Å². The molecule has 0 saturated heterocycles. The predicted molar refractivity (Wildman–Crippen MR) is 133 cm³/mol. The molecule has 1 aromatic carbocycles. The molecule has 1 aliphatic carbocycles. The summed E-state index contributed by atoms with van der Waals surface area (Å²) in [5, 5.41) is 14.1. The highest BCUT2D eigenvalue weighted by Gasteiger charge is 2.23. The van der Waals surface area contributed by atoms with Gasteiger partial charge in [-0.25, -0.2) is 4.68 Å². The van der Waals surface area contributed by atoms with Gasteiger partial charge in [0, 0.05) is 42.4 Å². The molecule has 9 nitrogen and oxygen atoms in total. The third kappa shape index (κ3) is 6.02. The zero-order chi connectivity index (χ0) is 25.7. The summed E-state index contributed by atoms with van der Waals surface area (Å²) in [5.41, 5.74) is 10.6. The van der Waals surface area contributed by atoms with E-state index in [1.807, 2.05) is 6.07 Å². The maximum Gasteiger partial charge on any atom is 0.303 e. The normalized spacial score (nSPS) is 13.6. The lowest BCUT2D eigenvalue weighted by molar-refractivity contribution is -0.137. The molecule has 1 aliphatic rings. The van der Waals surface area contributed by atoms with Gasteiger partial charge in [0.25, 0.3) is 0 Å². The lowest BCUT2D eigenvalue weighted by Gasteiger charge is -2.18. The van der Waals surface area contributed by atoms with Gasteiger partial charge in [0.1, 0.15) is 5.75 Å². The molecule has 4 rings (SSSR count). The third-order valence-corrected chi connectivity index (χ3v) is 6.56. The topological polar surface area (TPSA) is 130 Å².